The summed E-state index contributed by atoms with van der Waals surface area (Å²) in [5.74, 6) is 0.541. The van der Waals surface area contributed by atoms with Gasteiger partial charge in [0.2, 0.25) is 5.91 Å². The van der Waals surface area contributed by atoms with E-state index in [1.165, 1.54) is 11.3 Å². The topological polar surface area (TPSA) is 77.1 Å². The summed E-state index contributed by atoms with van der Waals surface area (Å²) < 4.78 is 1.64. The van der Waals surface area contributed by atoms with Crippen LogP contribution in [-0.4, -0.2) is 23.1 Å². The van der Waals surface area contributed by atoms with Crippen molar-refractivity contribution in [3.8, 4) is 0 Å². The van der Waals surface area contributed by atoms with Crippen LogP contribution in [0.1, 0.15) is 25.0 Å². The predicted molar refractivity (Wildman–Crippen MR) is 78.9 cm³/mol. The van der Waals surface area contributed by atoms with Crippen LogP contribution in [0.5, 0.6) is 0 Å². The summed E-state index contributed by atoms with van der Waals surface area (Å²) in [6.45, 7) is 2.82. The maximum Gasteiger partial charge on any atom is 0.307 e. The highest BCUT2D eigenvalue weighted by Gasteiger charge is 2.31. The second kappa shape index (κ2) is 7.07. The number of aryl methyl sites for hydroxylation is 1. The Morgan fingerprint density at radius 2 is 2.32 bits per heavy atom. The fourth-order valence-corrected chi connectivity index (χ4v) is 2.80. The molecular weight excluding hydrogens is 286 g/mol. The fraction of sp³-hybridized carbons (Fsp3) is 0.667. The minimum absolute atomic E-state index is 0. The number of amides is 1. The lowest BCUT2D eigenvalue weighted by atomic mass is 10.2. The van der Waals surface area contributed by atoms with E-state index in [-0.39, 0.29) is 29.2 Å². The Morgan fingerprint density at radius 3 is 2.79 bits per heavy atom. The van der Waals surface area contributed by atoms with E-state index >= 15 is 0 Å². The summed E-state index contributed by atoms with van der Waals surface area (Å²) in [6, 6.07) is 0.109. The largest absolute Gasteiger partial charge is 0.352 e. The molecule has 5 nitrogen and oxygen atoms in total. The fourth-order valence-electron chi connectivity index (χ4n) is 2.03. The number of carbonyl (C=O) groups is 1. The third kappa shape index (κ3) is 4.33. The van der Waals surface area contributed by atoms with Crippen LogP contribution in [-0.2, 0) is 11.3 Å². The highest BCUT2D eigenvalue weighted by atomic mass is 35.5. The van der Waals surface area contributed by atoms with E-state index in [0.29, 0.717) is 25.4 Å². The lowest BCUT2D eigenvalue weighted by Crippen LogP contribution is -2.42. The van der Waals surface area contributed by atoms with Crippen molar-refractivity contribution >= 4 is 29.7 Å². The lowest BCUT2D eigenvalue weighted by Gasteiger charge is -2.16. The predicted octanol–water partition coefficient (Wildman–Crippen LogP) is 0.884. The van der Waals surface area contributed by atoms with Gasteiger partial charge in [-0.05, 0) is 25.7 Å². The zero-order valence-corrected chi connectivity index (χ0v) is 12.6. The van der Waals surface area contributed by atoms with Crippen molar-refractivity contribution in [2.24, 2.45) is 11.7 Å². The number of hydrogen-bond acceptors (Lipinski definition) is 4. The maximum absolute atomic E-state index is 11.8. The summed E-state index contributed by atoms with van der Waals surface area (Å²) in [5, 5.41) is 4.77. The molecule has 1 fully saturated rings. The standard InChI is InChI=1S/C12H19N3O2S.ClH/c1-8-7-18-12(17)15(8)5-4-11(16)14-10(6-13)9-2-3-9;/h7,9-10H,2-6,13H2,1H3,(H,14,16);1H. The number of carbonyl (C=O) groups excluding carboxylic acids is 1. The third-order valence-corrected chi connectivity index (χ3v) is 4.21. The molecule has 3 N–H and O–H groups in total. The van der Waals surface area contributed by atoms with E-state index < -0.39 is 0 Å². The number of nitrogens with zero attached hydrogens (tertiary/aromatic N) is 1. The molecule has 0 saturated heterocycles. The summed E-state index contributed by atoms with van der Waals surface area (Å²) in [6.07, 6.45) is 2.65. The third-order valence-electron chi connectivity index (χ3n) is 3.33. The van der Waals surface area contributed by atoms with Gasteiger partial charge >= 0.3 is 4.87 Å². The van der Waals surface area contributed by atoms with Crippen LogP contribution in [0.2, 0.25) is 0 Å². The van der Waals surface area contributed by atoms with E-state index in [0.717, 1.165) is 18.5 Å². The van der Waals surface area contributed by atoms with Crippen molar-refractivity contribution in [1.82, 2.24) is 9.88 Å². The summed E-state index contributed by atoms with van der Waals surface area (Å²) >= 11 is 1.17. The van der Waals surface area contributed by atoms with Crippen molar-refractivity contribution in [3.05, 3.63) is 20.7 Å². The number of aromatic nitrogens is 1. The normalized spacial score (nSPS) is 15.7. The first-order valence-electron chi connectivity index (χ1n) is 6.26. The van der Waals surface area contributed by atoms with Crippen LogP contribution in [0.15, 0.2) is 10.2 Å². The first kappa shape index (κ1) is 16.2. The van der Waals surface area contributed by atoms with Gasteiger partial charge in [0.25, 0.3) is 0 Å². The molecule has 19 heavy (non-hydrogen) atoms. The molecular formula is C12H20ClN3O2S. The highest BCUT2D eigenvalue weighted by molar-refractivity contribution is 7.07. The van der Waals surface area contributed by atoms with Crippen molar-refractivity contribution in [2.45, 2.75) is 38.8 Å². The molecule has 1 saturated carbocycles. The summed E-state index contributed by atoms with van der Waals surface area (Å²) in [7, 11) is 0. The average Bonchev–Trinajstić information content (AvgIpc) is 3.13. The molecule has 0 radical (unpaired) electrons. The van der Waals surface area contributed by atoms with Crippen LogP contribution < -0.4 is 15.9 Å². The zero-order chi connectivity index (χ0) is 13.1. The van der Waals surface area contributed by atoms with Gasteiger partial charge in [-0.25, -0.2) is 0 Å². The number of nitrogens with one attached hydrogen (secondary N) is 1. The zero-order valence-electron chi connectivity index (χ0n) is 10.9. The minimum Gasteiger partial charge on any atom is -0.352 e. The van der Waals surface area contributed by atoms with Crippen molar-refractivity contribution in [1.29, 1.82) is 0 Å². The van der Waals surface area contributed by atoms with Gasteiger partial charge in [-0.1, -0.05) is 11.3 Å². The monoisotopic (exact) mass is 305 g/mol. The highest BCUT2D eigenvalue weighted by Crippen LogP contribution is 2.32. The number of nitrogens with two attached hydrogens (primary N) is 1. The lowest BCUT2D eigenvalue weighted by molar-refractivity contribution is -0.122. The molecule has 1 aromatic heterocycles. The molecule has 0 aliphatic heterocycles. The molecule has 0 spiro atoms. The van der Waals surface area contributed by atoms with E-state index in [2.05, 4.69) is 5.32 Å². The Balaban J connectivity index is 0.00000180. The number of thiazole rings is 1. The van der Waals surface area contributed by atoms with Crippen LogP contribution in [0, 0.1) is 12.8 Å². The van der Waals surface area contributed by atoms with Crippen molar-refractivity contribution < 1.29 is 4.79 Å². The first-order valence-corrected chi connectivity index (χ1v) is 7.14. The Bertz CT molecular complexity index is 482. The van der Waals surface area contributed by atoms with E-state index in [4.69, 9.17) is 5.73 Å². The molecule has 1 aliphatic rings. The number of halogens is 1. The number of rotatable bonds is 6. The molecule has 1 unspecified atom stereocenters. The molecule has 2 rings (SSSR count). The smallest absolute Gasteiger partial charge is 0.307 e. The van der Waals surface area contributed by atoms with E-state index in [1.807, 2.05) is 12.3 Å². The minimum atomic E-state index is -0.0187. The van der Waals surface area contributed by atoms with Gasteiger partial charge in [0.1, 0.15) is 0 Å². The molecule has 1 atom stereocenters. The molecule has 0 bridgehead atoms. The Hall–Kier alpha value is -0.850. The molecule has 0 aromatic carbocycles. The van der Waals surface area contributed by atoms with E-state index in [9.17, 15) is 9.59 Å². The SMILES string of the molecule is Cc1csc(=O)n1CCC(=O)NC(CN)C1CC1.Cl. The Labute approximate surface area is 122 Å². The van der Waals surface area contributed by atoms with E-state index in [1.54, 1.807) is 4.57 Å². The van der Waals surface area contributed by atoms with Crippen LogP contribution in [0.25, 0.3) is 0 Å². The second-order valence-corrected chi connectivity index (χ2v) is 5.61. The Kier molecular flexibility index (Phi) is 6.03. The molecule has 1 heterocycles. The molecule has 108 valence electrons. The average molecular weight is 306 g/mol. The van der Waals surface area contributed by atoms with Gasteiger partial charge in [0, 0.05) is 36.6 Å². The van der Waals surface area contributed by atoms with Crippen LogP contribution >= 0.6 is 23.7 Å². The van der Waals surface area contributed by atoms with Gasteiger partial charge in [0.05, 0.1) is 0 Å². The first-order chi connectivity index (χ1) is 8.61. The van der Waals surface area contributed by atoms with Crippen LogP contribution in [0.4, 0.5) is 0 Å². The van der Waals surface area contributed by atoms with Gasteiger partial charge in [0.15, 0.2) is 0 Å². The van der Waals surface area contributed by atoms with Crippen molar-refractivity contribution in [3.63, 3.8) is 0 Å². The Morgan fingerprint density at radius 1 is 1.63 bits per heavy atom. The molecule has 7 heteroatoms. The van der Waals surface area contributed by atoms with Gasteiger partial charge in [-0.3, -0.25) is 9.59 Å². The van der Waals surface area contributed by atoms with Gasteiger partial charge in [-0.15, -0.1) is 12.4 Å². The van der Waals surface area contributed by atoms with Crippen molar-refractivity contribution in [2.75, 3.05) is 6.54 Å². The molecule has 1 aromatic rings. The van der Waals surface area contributed by atoms with Gasteiger partial charge in [-0.2, -0.15) is 0 Å². The van der Waals surface area contributed by atoms with Crippen LogP contribution in [0.3, 0.4) is 0 Å². The summed E-state index contributed by atoms with van der Waals surface area (Å²) in [5.41, 5.74) is 6.55. The van der Waals surface area contributed by atoms with Gasteiger partial charge < -0.3 is 15.6 Å². The summed E-state index contributed by atoms with van der Waals surface area (Å²) in [4.78, 5) is 23.3. The maximum atomic E-state index is 11.8. The molecule has 1 amide bonds. The number of hydrogen-bond donors (Lipinski definition) is 2. The second-order valence-electron chi connectivity index (χ2n) is 4.79. The molecule has 1 aliphatic carbocycles. The quantitative estimate of drug-likeness (QED) is 0.819.